The van der Waals surface area contributed by atoms with Crippen LogP contribution < -0.4 is 5.32 Å². The highest BCUT2D eigenvalue weighted by molar-refractivity contribution is 6.02. The molecule has 2 heterocycles. The van der Waals surface area contributed by atoms with Crippen molar-refractivity contribution < 1.29 is 0 Å². The summed E-state index contributed by atoms with van der Waals surface area (Å²) in [5.41, 5.74) is 4.92. The van der Waals surface area contributed by atoms with Gasteiger partial charge >= 0.3 is 0 Å². The third-order valence-corrected chi connectivity index (χ3v) is 3.67. The second kappa shape index (κ2) is 6.91. The van der Waals surface area contributed by atoms with Crippen molar-refractivity contribution >= 4 is 23.9 Å². The summed E-state index contributed by atoms with van der Waals surface area (Å²) >= 11 is 0. The van der Waals surface area contributed by atoms with Crippen LogP contribution >= 0.6 is 0 Å². The maximum absolute atomic E-state index is 4.51. The van der Waals surface area contributed by atoms with E-state index in [9.17, 15) is 0 Å². The van der Waals surface area contributed by atoms with E-state index in [2.05, 4.69) is 58.7 Å². The molecule has 3 rings (SSSR count). The lowest BCUT2D eigenvalue weighted by atomic mass is 10.1. The molecule has 5 heteroatoms. The van der Waals surface area contributed by atoms with Crippen LogP contribution in [0.2, 0.25) is 0 Å². The molecule has 0 saturated carbocycles. The number of benzene rings is 1. The molecule has 0 spiro atoms. The van der Waals surface area contributed by atoms with Gasteiger partial charge in [0, 0.05) is 35.8 Å². The summed E-state index contributed by atoms with van der Waals surface area (Å²) in [6.07, 6.45) is 5.30. The van der Waals surface area contributed by atoms with Crippen LogP contribution in [0, 0.1) is 0 Å². The molecular weight excluding hydrogens is 298 g/mol. The van der Waals surface area contributed by atoms with Gasteiger partial charge in [-0.15, -0.1) is 0 Å². The largest absolute Gasteiger partial charge is 0.385 e. The Hall–Kier alpha value is -3.21. The van der Waals surface area contributed by atoms with Crippen LogP contribution in [-0.4, -0.2) is 28.5 Å². The Morgan fingerprint density at radius 3 is 2.96 bits per heavy atom. The number of amidine groups is 1. The predicted octanol–water partition coefficient (Wildman–Crippen LogP) is 4.02. The van der Waals surface area contributed by atoms with Crippen molar-refractivity contribution in [3.05, 3.63) is 67.1 Å². The maximum atomic E-state index is 4.51. The predicted molar refractivity (Wildman–Crippen MR) is 101 cm³/mol. The first-order valence-electron chi connectivity index (χ1n) is 7.74. The first-order chi connectivity index (χ1) is 11.8. The quantitative estimate of drug-likeness (QED) is 0.571. The number of aliphatic imine (C=N–C) groups is 2. The summed E-state index contributed by atoms with van der Waals surface area (Å²) in [6, 6.07) is 12.2. The highest BCUT2D eigenvalue weighted by Crippen LogP contribution is 2.24. The fourth-order valence-corrected chi connectivity index (χ4v) is 2.62. The van der Waals surface area contributed by atoms with Crippen molar-refractivity contribution in [3.8, 4) is 11.3 Å². The highest BCUT2D eigenvalue weighted by atomic mass is 15.0. The lowest BCUT2D eigenvalue weighted by Gasteiger charge is -2.07. The summed E-state index contributed by atoms with van der Waals surface area (Å²) in [5, 5.41) is 3.33. The molecule has 3 aromatic rings. The van der Waals surface area contributed by atoms with Gasteiger partial charge in [0.25, 0.3) is 0 Å². The van der Waals surface area contributed by atoms with E-state index in [-0.39, 0.29) is 0 Å². The lowest BCUT2D eigenvalue weighted by molar-refractivity contribution is 1.18. The number of imidazole rings is 1. The molecule has 0 aliphatic rings. The van der Waals surface area contributed by atoms with Gasteiger partial charge in [-0.05, 0) is 37.9 Å². The number of anilines is 1. The van der Waals surface area contributed by atoms with Gasteiger partial charge < -0.3 is 5.32 Å². The second-order valence-electron chi connectivity index (χ2n) is 5.19. The molecule has 0 amide bonds. The highest BCUT2D eigenvalue weighted by Gasteiger charge is 2.09. The number of nitrogens with zero attached hydrogens (tertiary/aromatic N) is 4. The zero-order valence-corrected chi connectivity index (χ0v) is 13.6. The lowest BCUT2D eigenvalue weighted by Crippen LogP contribution is -1.99. The van der Waals surface area contributed by atoms with Crippen LogP contribution in [0.3, 0.4) is 0 Å². The normalized spacial score (nSPS) is 11.5. The fourth-order valence-electron chi connectivity index (χ4n) is 2.62. The first kappa shape index (κ1) is 15.7. The van der Waals surface area contributed by atoms with Crippen molar-refractivity contribution in [1.82, 2.24) is 9.38 Å². The van der Waals surface area contributed by atoms with Gasteiger partial charge in [0.2, 0.25) is 0 Å². The Morgan fingerprint density at radius 2 is 2.21 bits per heavy atom. The number of rotatable bonds is 5. The molecule has 0 atom stereocenters. The van der Waals surface area contributed by atoms with Crippen LogP contribution in [0.15, 0.2) is 71.6 Å². The smallest absolute Gasteiger partial charge is 0.158 e. The molecule has 0 bridgehead atoms. The van der Waals surface area contributed by atoms with Gasteiger partial charge in [0.15, 0.2) is 5.84 Å². The van der Waals surface area contributed by atoms with Crippen LogP contribution in [0.25, 0.3) is 16.9 Å². The van der Waals surface area contributed by atoms with Crippen molar-refractivity contribution in [2.75, 3.05) is 11.9 Å². The number of hydrogen-bond donors (Lipinski definition) is 1. The molecule has 0 saturated heterocycles. The van der Waals surface area contributed by atoms with Gasteiger partial charge in [-0.25, -0.2) is 15.0 Å². The van der Waals surface area contributed by atoms with Crippen LogP contribution in [-0.2, 0) is 0 Å². The van der Waals surface area contributed by atoms with E-state index in [1.165, 1.54) is 6.20 Å². The van der Waals surface area contributed by atoms with Crippen LogP contribution in [0.4, 0.5) is 5.69 Å². The van der Waals surface area contributed by atoms with E-state index in [1.54, 1.807) is 0 Å². The molecule has 0 fully saturated rings. The number of aromatic nitrogens is 2. The molecule has 0 unspecified atom stereocenters. The van der Waals surface area contributed by atoms with Crippen LogP contribution in [0.5, 0.6) is 0 Å². The zero-order valence-electron chi connectivity index (χ0n) is 13.6. The average Bonchev–Trinajstić information content (AvgIpc) is 3.03. The zero-order chi connectivity index (χ0) is 16.9. The Morgan fingerprint density at radius 1 is 1.33 bits per heavy atom. The molecule has 0 radical (unpaired) electrons. The van der Waals surface area contributed by atoms with Gasteiger partial charge in [-0.3, -0.25) is 4.40 Å². The van der Waals surface area contributed by atoms with Gasteiger partial charge in [-0.2, -0.15) is 0 Å². The van der Waals surface area contributed by atoms with Crippen molar-refractivity contribution in [3.63, 3.8) is 0 Å². The first-order valence-corrected chi connectivity index (χ1v) is 7.74. The molecule has 1 N–H and O–H groups in total. The molecule has 5 nitrogen and oxygen atoms in total. The van der Waals surface area contributed by atoms with E-state index in [0.29, 0.717) is 5.84 Å². The van der Waals surface area contributed by atoms with Gasteiger partial charge in [0.05, 0.1) is 11.9 Å². The Bertz CT molecular complexity index is 920. The van der Waals surface area contributed by atoms with Crippen LogP contribution in [0.1, 0.15) is 12.5 Å². The Balaban J connectivity index is 2.06. The standard InChI is InChI=1S/C19H19N5/c1-4-21-16-8-6-7-14(11-16)17-13-23-18-12-15(9-10-24(17)18)19(20-3)22-5-2/h5-13,21H,2-4H2,1H3. The number of fused-ring (bicyclic) bond motifs is 1. The topological polar surface area (TPSA) is 54.0 Å². The molecule has 0 aliphatic carbocycles. The minimum absolute atomic E-state index is 0.534. The van der Waals surface area contributed by atoms with Gasteiger partial charge in [0.1, 0.15) is 5.65 Å². The molecule has 120 valence electrons. The third-order valence-electron chi connectivity index (χ3n) is 3.67. The molecule has 2 aromatic heterocycles. The second-order valence-corrected chi connectivity index (χ2v) is 5.19. The monoisotopic (exact) mass is 317 g/mol. The minimum Gasteiger partial charge on any atom is -0.385 e. The van der Waals surface area contributed by atoms with E-state index in [1.807, 2.05) is 35.0 Å². The van der Waals surface area contributed by atoms with E-state index in [0.717, 1.165) is 34.7 Å². The Labute approximate surface area is 141 Å². The molecule has 1 aromatic carbocycles. The summed E-state index contributed by atoms with van der Waals surface area (Å²) in [6.45, 7) is 10.1. The van der Waals surface area contributed by atoms with E-state index < -0.39 is 0 Å². The van der Waals surface area contributed by atoms with Gasteiger partial charge in [-0.1, -0.05) is 18.7 Å². The summed E-state index contributed by atoms with van der Waals surface area (Å²) < 4.78 is 2.04. The number of pyridine rings is 1. The van der Waals surface area contributed by atoms with E-state index in [4.69, 9.17) is 0 Å². The maximum Gasteiger partial charge on any atom is 0.158 e. The summed E-state index contributed by atoms with van der Waals surface area (Å²) in [5.74, 6) is 0.534. The molecule has 24 heavy (non-hydrogen) atoms. The average molecular weight is 317 g/mol. The fraction of sp³-hybridized carbons (Fsp3) is 0.105. The Kier molecular flexibility index (Phi) is 4.52. The summed E-state index contributed by atoms with van der Waals surface area (Å²) in [7, 11) is 0. The third kappa shape index (κ3) is 2.96. The van der Waals surface area contributed by atoms with Crippen molar-refractivity contribution in [1.29, 1.82) is 0 Å². The van der Waals surface area contributed by atoms with E-state index >= 15 is 0 Å². The molecule has 0 aliphatic heterocycles. The number of nitrogens with one attached hydrogen (secondary N) is 1. The van der Waals surface area contributed by atoms with Crippen molar-refractivity contribution in [2.45, 2.75) is 6.92 Å². The van der Waals surface area contributed by atoms with Crippen molar-refractivity contribution in [2.24, 2.45) is 9.98 Å². The SMILES string of the molecule is C=CN=C(N=C)c1ccn2c(-c3cccc(NCC)c3)cnc2c1. The number of hydrogen-bond acceptors (Lipinski definition) is 3. The molecular formula is C19H19N5. The summed E-state index contributed by atoms with van der Waals surface area (Å²) in [4.78, 5) is 12.6. The minimum atomic E-state index is 0.534.